The third-order valence-corrected chi connectivity index (χ3v) is 5.88. The molecule has 4 rings (SSSR count). The summed E-state index contributed by atoms with van der Waals surface area (Å²) in [4.78, 5) is 29.7. The zero-order chi connectivity index (χ0) is 22.9. The van der Waals surface area contributed by atoms with Gasteiger partial charge in [-0.2, -0.15) is 0 Å². The Morgan fingerprint density at radius 1 is 1.44 bits per heavy atom. The lowest BCUT2D eigenvalue weighted by molar-refractivity contribution is -0.137. The Balaban J connectivity index is 1.62. The third kappa shape index (κ3) is 4.35. The van der Waals surface area contributed by atoms with Crippen LogP contribution < -0.4 is 5.73 Å². The second-order valence-corrected chi connectivity index (χ2v) is 8.18. The molecule has 3 N–H and O–H groups in total. The number of pyridine rings is 1. The van der Waals surface area contributed by atoms with Gasteiger partial charge < -0.3 is 20.5 Å². The van der Waals surface area contributed by atoms with Crippen molar-refractivity contribution in [1.29, 1.82) is 0 Å². The molecule has 0 radical (unpaired) electrons. The number of aliphatic hydroxyl groups is 1. The molecule has 166 valence electrons. The molecular formula is C24H24FN3O4. The van der Waals surface area contributed by atoms with E-state index in [0.717, 1.165) is 13.0 Å². The molecular weight excluding hydrogens is 413 g/mol. The van der Waals surface area contributed by atoms with Gasteiger partial charge in [-0.25, -0.2) is 9.37 Å². The Bertz CT molecular complexity index is 1140. The van der Waals surface area contributed by atoms with E-state index in [1.807, 2.05) is 0 Å². The third-order valence-electron chi connectivity index (χ3n) is 5.88. The number of carbonyl (C=O) groups is 2. The van der Waals surface area contributed by atoms with Crippen molar-refractivity contribution in [2.45, 2.75) is 37.4 Å². The largest absolute Gasteiger partial charge is 0.378 e. The Morgan fingerprint density at radius 3 is 2.84 bits per heavy atom. The van der Waals surface area contributed by atoms with Gasteiger partial charge in [-0.1, -0.05) is 24.0 Å². The molecule has 0 aliphatic carbocycles. The lowest BCUT2D eigenvalue weighted by Crippen LogP contribution is -2.37. The second kappa shape index (κ2) is 8.69. The van der Waals surface area contributed by atoms with E-state index in [2.05, 4.69) is 16.8 Å². The molecule has 0 saturated carbocycles. The summed E-state index contributed by atoms with van der Waals surface area (Å²) in [6.45, 7) is 1.15. The number of likely N-dealkylation sites (tertiary alicyclic amines) is 1. The van der Waals surface area contributed by atoms with Crippen molar-refractivity contribution in [3.8, 4) is 23.1 Å². The summed E-state index contributed by atoms with van der Waals surface area (Å²) >= 11 is 0. The van der Waals surface area contributed by atoms with Crippen molar-refractivity contribution in [3.05, 3.63) is 53.0 Å². The summed E-state index contributed by atoms with van der Waals surface area (Å²) in [6.07, 6.45) is 2.41. The molecule has 1 aromatic heterocycles. The molecule has 2 aromatic rings. The van der Waals surface area contributed by atoms with Gasteiger partial charge in [-0.05, 0) is 43.0 Å². The topological polar surface area (TPSA) is 106 Å². The van der Waals surface area contributed by atoms with Crippen molar-refractivity contribution >= 4 is 11.8 Å². The minimum absolute atomic E-state index is 0.0125. The monoisotopic (exact) mass is 437 g/mol. The van der Waals surface area contributed by atoms with Crippen molar-refractivity contribution in [2.24, 2.45) is 5.73 Å². The van der Waals surface area contributed by atoms with Crippen LogP contribution in [-0.4, -0.2) is 58.7 Å². The number of aryl methyl sites for hydroxylation is 1. The highest BCUT2D eigenvalue weighted by molar-refractivity contribution is 5.93. The van der Waals surface area contributed by atoms with Gasteiger partial charge in [-0.15, -0.1) is 0 Å². The molecule has 2 fully saturated rings. The molecule has 2 saturated heterocycles. The summed E-state index contributed by atoms with van der Waals surface area (Å²) in [5, 5.41) is 10.5. The quantitative estimate of drug-likeness (QED) is 0.692. The summed E-state index contributed by atoms with van der Waals surface area (Å²) in [7, 11) is 1.61. The predicted molar refractivity (Wildman–Crippen MR) is 115 cm³/mol. The van der Waals surface area contributed by atoms with E-state index >= 15 is 0 Å². The van der Waals surface area contributed by atoms with Gasteiger partial charge in [0.15, 0.2) is 0 Å². The van der Waals surface area contributed by atoms with Crippen LogP contribution in [0.25, 0.3) is 11.3 Å². The van der Waals surface area contributed by atoms with E-state index in [-0.39, 0.29) is 23.9 Å². The minimum Gasteiger partial charge on any atom is -0.378 e. The fourth-order valence-corrected chi connectivity index (χ4v) is 3.85. The molecule has 2 amide bonds. The molecule has 2 aliphatic heterocycles. The number of aromatic nitrogens is 1. The lowest BCUT2D eigenvalue weighted by atomic mass is 9.99. The zero-order valence-electron chi connectivity index (χ0n) is 17.7. The zero-order valence-corrected chi connectivity index (χ0v) is 17.7. The predicted octanol–water partition coefficient (Wildman–Crippen LogP) is 1.65. The highest BCUT2D eigenvalue weighted by Crippen LogP contribution is 2.26. The average Bonchev–Trinajstić information content (AvgIpc) is 2.99. The summed E-state index contributed by atoms with van der Waals surface area (Å²) in [5.41, 5.74) is 5.15. The number of likely N-dealkylation sites (N-methyl/N-ethyl adjacent to an activating group) is 1. The van der Waals surface area contributed by atoms with Crippen LogP contribution in [0.4, 0.5) is 4.39 Å². The number of benzene rings is 1. The molecule has 1 aromatic carbocycles. The SMILES string of the molecule is CN1CC[C@@](O)(C#Cc2cccc(-c3nc(C(N)=O)c(CC[C@H]4CCO4)cc3F)c2)C1=O. The number of rotatable bonds is 5. The van der Waals surface area contributed by atoms with Crippen LogP contribution >= 0.6 is 0 Å². The van der Waals surface area contributed by atoms with Crippen molar-refractivity contribution in [1.82, 2.24) is 9.88 Å². The Hall–Kier alpha value is -3.28. The van der Waals surface area contributed by atoms with Crippen LogP contribution in [0.3, 0.4) is 0 Å². The molecule has 7 nitrogen and oxygen atoms in total. The van der Waals surface area contributed by atoms with Gasteiger partial charge in [0, 0.05) is 37.7 Å². The number of halogens is 1. The van der Waals surface area contributed by atoms with Crippen LogP contribution in [0, 0.1) is 17.7 Å². The van der Waals surface area contributed by atoms with Gasteiger partial charge in [0.1, 0.15) is 17.2 Å². The van der Waals surface area contributed by atoms with Crippen LogP contribution in [0.1, 0.15) is 40.9 Å². The fraction of sp³-hybridized carbons (Fsp3) is 0.375. The number of primary amides is 1. The van der Waals surface area contributed by atoms with Crippen LogP contribution in [0.2, 0.25) is 0 Å². The smallest absolute Gasteiger partial charge is 0.267 e. The number of nitrogens with zero attached hydrogens (tertiary/aromatic N) is 2. The van der Waals surface area contributed by atoms with Gasteiger partial charge in [-0.3, -0.25) is 9.59 Å². The first-order chi connectivity index (χ1) is 15.3. The van der Waals surface area contributed by atoms with Gasteiger partial charge in [0.2, 0.25) is 5.60 Å². The number of nitrogens with two attached hydrogens (primary N) is 1. The number of ether oxygens (including phenoxy) is 1. The van der Waals surface area contributed by atoms with E-state index < -0.39 is 23.2 Å². The van der Waals surface area contributed by atoms with E-state index in [1.54, 1.807) is 31.3 Å². The normalized spacial score (nSPS) is 22.3. The fourth-order valence-electron chi connectivity index (χ4n) is 3.85. The summed E-state index contributed by atoms with van der Waals surface area (Å²) in [5.74, 6) is 3.70. The standard InChI is InChI=1S/C24H24FN3O4/c1-28-11-10-24(31,23(28)30)9-7-15-3-2-4-16(13-15)20-19(25)14-17(21(27-20)22(26)29)5-6-18-8-12-32-18/h2-4,13-14,18,31H,5-6,8,10-12H2,1H3,(H2,26,29)/t18-,24-/m0/s1. The van der Waals surface area contributed by atoms with Crippen molar-refractivity contribution in [3.63, 3.8) is 0 Å². The van der Waals surface area contributed by atoms with Gasteiger partial charge in [0.25, 0.3) is 11.8 Å². The van der Waals surface area contributed by atoms with Crippen molar-refractivity contribution < 1.29 is 23.8 Å². The second-order valence-electron chi connectivity index (χ2n) is 8.18. The van der Waals surface area contributed by atoms with Crippen LogP contribution in [-0.2, 0) is 16.0 Å². The number of hydrogen-bond acceptors (Lipinski definition) is 5. The van der Waals surface area contributed by atoms with E-state index in [1.165, 1.54) is 11.0 Å². The first kappa shape index (κ1) is 21.9. The molecule has 0 spiro atoms. The van der Waals surface area contributed by atoms with Gasteiger partial charge in [0.05, 0.1) is 6.10 Å². The maximum Gasteiger partial charge on any atom is 0.267 e. The molecule has 32 heavy (non-hydrogen) atoms. The molecule has 2 aliphatic rings. The highest BCUT2D eigenvalue weighted by Gasteiger charge is 2.42. The minimum atomic E-state index is -1.72. The number of carbonyl (C=O) groups excluding carboxylic acids is 2. The Kier molecular flexibility index (Phi) is 5.96. The summed E-state index contributed by atoms with van der Waals surface area (Å²) < 4.78 is 20.3. The first-order valence-corrected chi connectivity index (χ1v) is 10.5. The van der Waals surface area contributed by atoms with Gasteiger partial charge >= 0.3 is 0 Å². The molecule has 0 unspecified atom stereocenters. The Labute approximate surface area is 185 Å². The molecule has 0 bridgehead atoms. The Morgan fingerprint density at radius 2 is 2.22 bits per heavy atom. The highest BCUT2D eigenvalue weighted by atomic mass is 19.1. The van der Waals surface area contributed by atoms with E-state index in [4.69, 9.17) is 10.5 Å². The lowest BCUT2D eigenvalue weighted by Gasteiger charge is -2.26. The molecule has 2 atom stereocenters. The average molecular weight is 437 g/mol. The number of amides is 2. The van der Waals surface area contributed by atoms with E-state index in [0.29, 0.717) is 36.1 Å². The maximum atomic E-state index is 14.9. The van der Waals surface area contributed by atoms with E-state index in [9.17, 15) is 19.1 Å². The summed E-state index contributed by atoms with van der Waals surface area (Å²) in [6, 6.07) is 7.89. The molecule has 8 heteroatoms. The van der Waals surface area contributed by atoms with Crippen LogP contribution in [0.5, 0.6) is 0 Å². The number of hydrogen-bond donors (Lipinski definition) is 2. The van der Waals surface area contributed by atoms with Crippen LogP contribution in [0.15, 0.2) is 30.3 Å². The first-order valence-electron chi connectivity index (χ1n) is 10.5. The molecule has 3 heterocycles. The van der Waals surface area contributed by atoms with Crippen molar-refractivity contribution in [2.75, 3.05) is 20.2 Å². The maximum absolute atomic E-state index is 14.9.